The third kappa shape index (κ3) is 2.58. The normalized spacial score (nSPS) is 16.1. The molecule has 0 radical (unpaired) electrons. The van der Waals surface area contributed by atoms with Crippen molar-refractivity contribution in [2.75, 3.05) is 13.2 Å². The van der Waals surface area contributed by atoms with Gasteiger partial charge in [0.25, 0.3) is 5.91 Å². The first kappa shape index (κ1) is 13.1. The first-order valence-electron chi connectivity index (χ1n) is 6.76. The van der Waals surface area contributed by atoms with Crippen LogP contribution in [0.5, 0.6) is 0 Å². The molecule has 1 heterocycles. The summed E-state index contributed by atoms with van der Waals surface area (Å²) in [4.78, 5) is 14.3. The second kappa shape index (κ2) is 6.05. The molecule has 4 nitrogen and oxygen atoms in total. The summed E-state index contributed by atoms with van der Waals surface area (Å²) < 4.78 is 5.32. The van der Waals surface area contributed by atoms with Crippen molar-refractivity contribution < 1.29 is 14.3 Å². The third-order valence-corrected chi connectivity index (χ3v) is 3.66. The zero-order valence-electron chi connectivity index (χ0n) is 10.9. The third-order valence-electron chi connectivity index (χ3n) is 3.66. The van der Waals surface area contributed by atoms with Gasteiger partial charge < -0.3 is 14.4 Å². The smallest absolute Gasteiger partial charge is 0.257 e. The average molecular weight is 251 g/mol. The van der Waals surface area contributed by atoms with Crippen molar-refractivity contribution in [2.24, 2.45) is 0 Å². The first-order valence-corrected chi connectivity index (χ1v) is 6.76. The van der Waals surface area contributed by atoms with Crippen molar-refractivity contribution in [2.45, 2.75) is 45.1 Å². The molecule has 18 heavy (non-hydrogen) atoms. The van der Waals surface area contributed by atoms with Crippen molar-refractivity contribution in [1.82, 2.24) is 4.90 Å². The van der Waals surface area contributed by atoms with E-state index in [0.717, 1.165) is 18.6 Å². The summed E-state index contributed by atoms with van der Waals surface area (Å²) in [5.41, 5.74) is 0.651. The van der Waals surface area contributed by atoms with Gasteiger partial charge in [0.05, 0.1) is 18.4 Å². The predicted octanol–water partition coefficient (Wildman–Crippen LogP) is 2.22. The van der Waals surface area contributed by atoms with E-state index in [1.165, 1.54) is 12.8 Å². The van der Waals surface area contributed by atoms with E-state index >= 15 is 0 Å². The van der Waals surface area contributed by atoms with Crippen molar-refractivity contribution in [1.29, 1.82) is 0 Å². The Hall–Kier alpha value is -1.29. The molecule has 1 aliphatic rings. The zero-order valence-corrected chi connectivity index (χ0v) is 10.9. The molecule has 4 heteroatoms. The quantitative estimate of drug-likeness (QED) is 0.873. The molecule has 1 aromatic rings. The summed E-state index contributed by atoms with van der Waals surface area (Å²) in [5, 5.41) is 9.15. The second-order valence-corrected chi connectivity index (χ2v) is 4.77. The summed E-state index contributed by atoms with van der Waals surface area (Å²) in [6.07, 6.45) is 6.72. The SMILES string of the molecule is CCc1occc1C(=O)N(CCO)C1CCCC1. The standard InChI is InChI=1S/C14H21NO3/c1-2-13-12(7-10-18-13)14(17)15(8-9-16)11-5-3-4-6-11/h7,10-11,16H,2-6,8-9H2,1H3. The molecule has 0 aliphatic heterocycles. The minimum Gasteiger partial charge on any atom is -0.469 e. The molecule has 0 bridgehead atoms. The molecule has 1 aromatic heterocycles. The maximum Gasteiger partial charge on any atom is 0.257 e. The van der Waals surface area contributed by atoms with Crippen molar-refractivity contribution in [3.05, 3.63) is 23.7 Å². The van der Waals surface area contributed by atoms with E-state index in [-0.39, 0.29) is 18.6 Å². The van der Waals surface area contributed by atoms with Gasteiger partial charge in [-0.25, -0.2) is 0 Å². The Kier molecular flexibility index (Phi) is 4.42. The lowest BCUT2D eigenvalue weighted by atomic mass is 10.1. The van der Waals surface area contributed by atoms with Crippen molar-refractivity contribution in [3.63, 3.8) is 0 Å². The van der Waals surface area contributed by atoms with Crippen LogP contribution in [-0.4, -0.2) is 35.1 Å². The number of carbonyl (C=O) groups is 1. The van der Waals surface area contributed by atoms with Gasteiger partial charge in [-0.05, 0) is 18.9 Å². The number of nitrogens with zero attached hydrogens (tertiary/aromatic N) is 1. The highest BCUT2D eigenvalue weighted by molar-refractivity contribution is 5.95. The molecule has 2 rings (SSSR count). The summed E-state index contributed by atoms with van der Waals surface area (Å²) in [6.45, 7) is 2.40. The van der Waals surface area contributed by atoms with E-state index in [4.69, 9.17) is 9.52 Å². The fourth-order valence-electron chi connectivity index (χ4n) is 2.73. The molecule has 0 spiro atoms. The molecule has 1 amide bonds. The number of hydrogen-bond donors (Lipinski definition) is 1. The van der Waals surface area contributed by atoms with Gasteiger partial charge >= 0.3 is 0 Å². The van der Waals surface area contributed by atoms with E-state index in [1.54, 1.807) is 12.3 Å². The molecule has 0 atom stereocenters. The summed E-state index contributed by atoms with van der Waals surface area (Å²) in [7, 11) is 0. The molecule has 100 valence electrons. The zero-order chi connectivity index (χ0) is 13.0. The van der Waals surface area contributed by atoms with E-state index < -0.39 is 0 Å². The van der Waals surface area contributed by atoms with Gasteiger partial charge in [0.1, 0.15) is 5.76 Å². The number of hydrogen-bond acceptors (Lipinski definition) is 3. The molecule has 0 unspecified atom stereocenters. The van der Waals surface area contributed by atoms with Crippen LogP contribution in [0.4, 0.5) is 0 Å². The Morgan fingerprint density at radius 2 is 2.22 bits per heavy atom. The van der Waals surface area contributed by atoms with E-state index in [0.29, 0.717) is 18.5 Å². The highest BCUT2D eigenvalue weighted by Gasteiger charge is 2.28. The number of amides is 1. The highest BCUT2D eigenvalue weighted by atomic mass is 16.3. The van der Waals surface area contributed by atoms with Crippen molar-refractivity contribution in [3.8, 4) is 0 Å². The molecule has 1 fully saturated rings. The van der Waals surface area contributed by atoms with Crippen LogP contribution in [0.25, 0.3) is 0 Å². The number of aliphatic hydroxyl groups is 1. The van der Waals surface area contributed by atoms with Crippen LogP contribution in [0.15, 0.2) is 16.7 Å². The first-order chi connectivity index (χ1) is 8.77. The van der Waals surface area contributed by atoms with Crippen LogP contribution in [0.2, 0.25) is 0 Å². The van der Waals surface area contributed by atoms with E-state index in [1.807, 2.05) is 11.8 Å². The van der Waals surface area contributed by atoms with Crippen LogP contribution in [0.1, 0.15) is 48.7 Å². The van der Waals surface area contributed by atoms with Gasteiger partial charge in [0.15, 0.2) is 0 Å². The Morgan fingerprint density at radius 1 is 1.50 bits per heavy atom. The summed E-state index contributed by atoms with van der Waals surface area (Å²) in [6, 6.07) is 2.02. The van der Waals surface area contributed by atoms with E-state index in [9.17, 15) is 4.79 Å². The minimum atomic E-state index is 0.00144. The fraction of sp³-hybridized carbons (Fsp3) is 0.643. The van der Waals surface area contributed by atoms with Crippen LogP contribution < -0.4 is 0 Å². The second-order valence-electron chi connectivity index (χ2n) is 4.77. The topological polar surface area (TPSA) is 53.7 Å². The fourth-order valence-corrected chi connectivity index (χ4v) is 2.73. The van der Waals surface area contributed by atoms with E-state index in [2.05, 4.69) is 0 Å². The molecule has 1 N–H and O–H groups in total. The Labute approximate surface area is 108 Å². The number of aliphatic hydroxyl groups excluding tert-OH is 1. The van der Waals surface area contributed by atoms with Gasteiger partial charge in [-0.3, -0.25) is 4.79 Å². The molecule has 1 saturated carbocycles. The number of furan rings is 1. The Morgan fingerprint density at radius 3 is 2.83 bits per heavy atom. The number of rotatable bonds is 5. The Balaban J connectivity index is 2.17. The molecule has 0 saturated heterocycles. The van der Waals surface area contributed by atoms with Crippen LogP contribution in [-0.2, 0) is 6.42 Å². The van der Waals surface area contributed by atoms with Gasteiger partial charge in [-0.15, -0.1) is 0 Å². The molecule has 1 aliphatic carbocycles. The van der Waals surface area contributed by atoms with Gasteiger partial charge in [-0.1, -0.05) is 19.8 Å². The number of carbonyl (C=O) groups excluding carboxylic acids is 1. The summed E-state index contributed by atoms with van der Waals surface area (Å²) in [5.74, 6) is 0.738. The van der Waals surface area contributed by atoms with Gasteiger partial charge in [0.2, 0.25) is 0 Å². The van der Waals surface area contributed by atoms with Crippen LogP contribution in [0.3, 0.4) is 0 Å². The Bertz CT molecular complexity index is 393. The molecular formula is C14H21NO3. The van der Waals surface area contributed by atoms with Crippen LogP contribution >= 0.6 is 0 Å². The number of aryl methyl sites for hydroxylation is 1. The maximum absolute atomic E-state index is 12.5. The minimum absolute atomic E-state index is 0.00144. The maximum atomic E-state index is 12.5. The summed E-state index contributed by atoms with van der Waals surface area (Å²) >= 11 is 0. The monoisotopic (exact) mass is 251 g/mol. The highest BCUT2D eigenvalue weighted by Crippen LogP contribution is 2.25. The average Bonchev–Trinajstić information content (AvgIpc) is 3.05. The van der Waals surface area contributed by atoms with Gasteiger partial charge in [-0.2, -0.15) is 0 Å². The lowest BCUT2D eigenvalue weighted by Gasteiger charge is -2.28. The predicted molar refractivity (Wildman–Crippen MR) is 68.5 cm³/mol. The van der Waals surface area contributed by atoms with Gasteiger partial charge in [0, 0.05) is 19.0 Å². The largest absolute Gasteiger partial charge is 0.469 e. The lowest BCUT2D eigenvalue weighted by molar-refractivity contribution is 0.0636. The molecule has 0 aromatic carbocycles. The molecular weight excluding hydrogens is 230 g/mol. The van der Waals surface area contributed by atoms with Crippen molar-refractivity contribution >= 4 is 5.91 Å². The lowest BCUT2D eigenvalue weighted by Crippen LogP contribution is -2.40. The van der Waals surface area contributed by atoms with Crippen LogP contribution in [0, 0.1) is 0 Å².